The molecule has 3 nitrogen and oxygen atoms in total. The summed E-state index contributed by atoms with van der Waals surface area (Å²) in [5, 5.41) is 2.00. The zero-order valence-corrected chi connectivity index (χ0v) is 10.8. The van der Waals surface area contributed by atoms with E-state index in [0.717, 1.165) is 0 Å². The van der Waals surface area contributed by atoms with Gasteiger partial charge in [0.1, 0.15) is 5.82 Å². The molecule has 0 aromatic heterocycles. The highest BCUT2D eigenvalue weighted by atomic mass is 35.5. The molecule has 0 aliphatic carbocycles. The highest BCUT2D eigenvalue weighted by Gasteiger charge is 2.15. The smallest absolute Gasteiger partial charge is 0.258 e. The summed E-state index contributed by atoms with van der Waals surface area (Å²) >= 11 is 5.72. The minimum atomic E-state index is -0.597. The molecule has 5 heteroatoms. The van der Waals surface area contributed by atoms with Gasteiger partial charge in [-0.15, -0.1) is 11.6 Å². The number of allylic oxidation sites excluding steroid dienone is 1. The van der Waals surface area contributed by atoms with Gasteiger partial charge in [-0.1, -0.05) is 12.1 Å². The summed E-state index contributed by atoms with van der Waals surface area (Å²) in [5.41, 5.74) is 0.246. The van der Waals surface area contributed by atoms with Crippen molar-refractivity contribution in [1.29, 1.82) is 0 Å². The van der Waals surface area contributed by atoms with Gasteiger partial charge in [-0.3, -0.25) is 9.59 Å². The zero-order chi connectivity index (χ0) is 13.7. The number of carbonyl (C=O) groups is 2. The number of Topliss-reactive ketones (excluding diaryl/α,β-unsaturated/α-hetero) is 1. The summed E-state index contributed by atoms with van der Waals surface area (Å²) in [6.07, 6.45) is 1.36. The first-order valence-corrected chi connectivity index (χ1v) is 5.77. The number of rotatable bonds is 4. The van der Waals surface area contributed by atoms with E-state index in [9.17, 15) is 14.0 Å². The van der Waals surface area contributed by atoms with E-state index >= 15 is 0 Å². The number of alkyl halides is 1. The number of hydrogen-bond acceptors (Lipinski definition) is 2. The maximum absolute atomic E-state index is 12.9. The van der Waals surface area contributed by atoms with Crippen molar-refractivity contribution in [1.82, 2.24) is 0 Å². The van der Waals surface area contributed by atoms with Gasteiger partial charge >= 0.3 is 0 Å². The lowest BCUT2D eigenvalue weighted by Crippen LogP contribution is -2.20. The van der Waals surface area contributed by atoms with Crippen LogP contribution in [0.5, 0.6) is 0 Å². The molecule has 1 aromatic rings. The third-order valence-corrected chi connectivity index (χ3v) is 2.23. The Morgan fingerprint density at radius 2 is 2.11 bits per heavy atom. The Balaban J connectivity index is 2.89. The highest BCUT2D eigenvalue weighted by molar-refractivity contribution is 6.26. The number of amides is 1. The predicted molar refractivity (Wildman–Crippen MR) is 69.1 cm³/mol. The molecular weight excluding hydrogens is 257 g/mol. The molecule has 0 fully saturated rings. The van der Waals surface area contributed by atoms with Crippen molar-refractivity contribution in [2.75, 3.05) is 5.32 Å². The molecule has 18 heavy (non-hydrogen) atoms. The Labute approximate surface area is 110 Å². The number of anilines is 1. The van der Waals surface area contributed by atoms with E-state index in [0.29, 0.717) is 0 Å². The number of ketones is 1. The largest absolute Gasteiger partial charge is 0.322 e. The number of halogens is 2. The van der Waals surface area contributed by atoms with Crippen LogP contribution in [0.25, 0.3) is 0 Å². The topological polar surface area (TPSA) is 46.2 Å². The zero-order valence-electron chi connectivity index (χ0n) is 10.0. The number of hydrogen-bond donors (Lipinski definition) is 1. The molecular formula is C13H13ClFNO2. The summed E-state index contributed by atoms with van der Waals surface area (Å²) in [5.74, 6) is -1.45. The van der Waals surface area contributed by atoms with Crippen LogP contribution in [0.4, 0.5) is 10.1 Å². The first-order valence-electron chi connectivity index (χ1n) is 5.34. The molecule has 0 heterocycles. The number of carbonyl (C=O) groups excluding carboxylic acids is 2. The van der Waals surface area contributed by atoms with E-state index in [1.165, 1.54) is 37.3 Å². The van der Waals surface area contributed by atoms with E-state index in [-0.39, 0.29) is 11.3 Å². The second kappa shape index (κ2) is 6.31. The molecule has 96 valence electrons. The fraction of sp³-hybridized carbons (Fsp3) is 0.231. The monoisotopic (exact) mass is 269 g/mol. The van der Waals surface area contributed by atoms with Gasteiger partial charge in [-0.25, -0.2) is 4.39 Å². The van der Waals surface area contributed by atoms with Crippen LogP contribution >= 0.6 is 11.6 Å². The normalized spacial score (nSPS) is 13.0. The van der Waals surface area contributed by atoms with Crippen LogP contribution in [0.1, 0.15) is 13.8 Å². The van der Waals surface area contributed by atoms with Gasteiger partial charge in [-0.05, 0) is 32.0 Å². The highest BCUT2D eigenvalue weighted by Crippen LogP contribution is 2.12. The van der Waals surface area contributed by atoms with Crippen molar-refractivity contribution in [3.8, 4) is 0 Å². The Morgan fingerprint density at radius 3 is 2.61 bits per heavy atom. The molecule has 0 radical (unpaired) electrons. The van der Waals surface area contributed by atoms with E-state index in [4.69, 9.17) is 11.6 Å². The number of nitrogens with one attached hydrogen (secondary N) is 1. The van der Waals surface area contributed by atoms with Crippen LogP contribution in [-0.4, -0.2) is 17.1 Å². The summed E-state index contributed by atoms with van der Waals surface area (Å²) in [6.45, 7) is 2.91. The fourth-order valence-electron chi connectivity index (χ4n) is 1.35. The van der Waals surface area contributed by atoms with Crippen LogP contribution < -0.4 is 5.32 Å². The molecule has 1 aromatic carbocycles. The maximum atomic E-state index is 12.9. The molecule has 1 N–H and O–H groups in total. The Morgan fingerprint density at radius 1 is 1.44 bits per heavy atom. The van der Waals surface area contributed by atoms with E-state index in [2.05, 4.69) is 5.32 Å². The van der Waals surface area contributed by atoms with E-state index in [1.807, 2.05) is 0 Å². The summed E-state index contributed by atoms with van der Waals surface area (Å²) in [7, 11) is 0. The van der Waals surface area contributed by atoms with Crippen LogP contribution in [0, 0.1) is 5.82 Å². The molecule has 0 spiro atoms. The second-order valence-electron chi connectivity index (χ2n) is 3.78. The minimum Gasteiger partial charge on any atom is -0.322 e. The molecule has 0 bridgehead atoms. The average Bonchev–Trinajstić information content (AvgIpc) is 2.25. The van der Waals surface area contributed by atoms with Gasteiger partial charge in [0.25, 0.3) is 5.91 Å². The molecule has 1 amide bonds. The molecule has 1 unspecified atom stereocenters. The van der Waals surface area contributed by atoms with Crippen molar-refractivity contribution in [3.05, 3.63) is 41.7 Å². The number of benzene rings is 1. The molecule has 0 saturated heterocycles. The van der Waals surface area contributed by atoms with Crippen molar-refractivity contribution in [2.45, 2.75) is 19.2 Å². The minimum absolute atomic E-state index is 0.0400. The maximum Gasteiger partial charge on any atom is 0.258 e. The third-order valence-electron chi connectivity index (χ3n) is 2.10. The van der Waals surface area contributed by atoms with Gasteiger partial charge < -0.3 is 5.32 Å². The predicted octanol–water partition coefficient (Wildman–Crippen LogP) is 2.91. The standard InChI is InChI=1S/C13H13ClFNO2/c1-8(14)6-12(9(2)17)13(18)16-11-5-3-4-10(15)7-11/h3-8H,1-2H3,(H,16,18)/b12-6+. The summed E-state index contributed by atoms with van der Waals surface area (Å²) in [4.78, 5) is 23.1. The molecule has 1 atom stereocenters. The van der Waals surface area contributed by atoms with E-state index in [1.54, 1.807) is 6.92 Å². The first-order chi connectivity index (χ1) is 8.40. The quantitative estimate of drug-likeness (QED) is 0.395. The Bertz CT molecular complexity index is 498. The van der Waals surface area contributed by atoms with Gasteiger partial charge in [0, 0.05) is 11.1 Å². The van der Waals surface area contributed by atoms with Crippen molar-refractivity contribution < 1.29 is 14.0 Å². The first kappa shape index (κ1) is 14.4. The third kappa shape index (κ3) is 4.30. The van der Waals surface area contributed by atoms with Crippen molar-refractivity contribution in [2.24, 2.45) is 0 Å². The van der Waals surface area contributed by atoms with Crippen molar-refractivity contribution >= 4 is 29.0 Å². The van der Waals surface area contributed by atoms with Gasteiger partial charge in [0.05, 0.1) is 5.57 Å². The SMILES string of the molecule is CC(=O)/C(=C\C(C)Cl)C(=O)Nc1cccc(F)c1. The van der Waals surface area contributed by atoms with Crippen LogP contribution in [0.2, 0.25) is 0 Å². The lowest BCUT2D eigenvalue weighted by molar-refractivity contribution is -0.118. The lowest BCUT2D eigenvalue weighted by Gasteiger charge is -2.07. The molecule has 0 aliphatic heterocycles. The molecule has 0 aliphatic rings. The lowest BCUT2D eigenvalue weighted by atomic mass is 10.1. The van der Waals surface area contributed by atoms with E-state index < -0.39 is 22.9 Å². The Kier molecular flexibility index (Phi) is 5.04. The van der Waals surface area contributed by atoms with Gasteiger partial charge in [0.15, 0.2) is 5.78 Å². The van der Waals surface area contributed by atoms with Crippen molar-refractivity contribution in [3.63, 3.8) is 0 Å². The fourth-order valence-corrected chi connectivity index (χ4v) is 1.47. The summed E-state index contributed by atoms with van der Waals surface area (Å²) < 4.78 is 12.9. The van der Waals surface area contributed by atoms with Crippen LogP contribution in [-0.2, 0) is 9.59 Å². The Hall–Kier alpha value is -1.68. The molecule has 0 saturated carbocycles. The molecule has 1 rings (SSSR count). The van der Waals surface area contributed by atoms with Crippen LogP contribution in [0.3, 0.4) is 0 Å². The van der Waals surface area contributed by atoms with Crippen LogP contribution in [0.15, 0.2) is 35.9 Å². The van der Waals surface area contributed by atoms with Gasteiger partial charge in [0.2, 0.25) is 0 Å². The summed E-state index contributed by atoms with van der Waals surface area (Å²) in [6, 6.07) is 5.42. The second-order valence-corrected chi connectivity index (χ2v) is 4.47. The van der Waals surface area contributed by atoms with Gasteiger partial charge in [-0.2, -0.15) is 0 Å². The average molecular weight is 270 g/mol.